The summed E-state index contributed by atoms with van der Waals surface area (Å²) in [5.74, 6) is 0.609. The third kappa shape index (κ3) is 4.29. The minimum absolute atomic E-state index is 0.0981. The molecule has 0 atom stereocenters. The van der Waals surface area contributed by atoms with Crippen LogP contribution < -0.4 is 9.62 Å². The Morgan fingerprint density at radius 2 is 1.83 bits per heavy atom. The number of amides is 1. The van der Waals surface area contributed by atoms with E-state index < -0.39 is 10.0 Å². The summed E-state index contributed by atoms with van der Waals surface area (Å²) in [6.45, 7) is 0.565. The summed E-state index contributed by atoms with van der Waals surface area (Å²) in [6.07, 6.45) is 1.51. The molecule has 150 valence electrons. The van der Waals surface area contributed by atoms with Gasteiger partial charge >= 0.3 is 0 Å². The normalized spacial score (nSPS) is 15.8. The van der Waals surface area contributed by atoms with E-state index in [4.69, 9.17) is 4.52 Å². The highest BCUT2D eigenvalue weighted by atomic mass is 32.2. The Kier molecular flexibility index (Phi) is 5.30. The van der Waals surface area contributed by atoms with E-state index in [1.54, 1.807) is 24.3 Å². The topological polar surface area (TPSA) is 105 Å². The van der Waals surface area contributed by atoms with Crippen LogP contribution in [0.25, 0.3) is 11.4 Å². The standard InChI is InChI=1S/C20H20N4O4S/c25-20(21-14-18-22-19(23-28-18)15-6-2-1-3-7-15)16-8-10-17(11-9-16)24-12-4-5-13-29(24,26)27/h1-3,6-11H,4-5,12-14H2,(H,21,25). The van der Waals surface area contributed by atoms with Crippen LogP contribution in [-0.2, 0) is 16.6 Å². The second kappa shape index (κ2) is 8.04. The Bertz CT molecular complexity index is 1100. The molecule has 0 spiro atoms. The van der Waals surface area contributed by atoms with Gasteiger partial charge in [0.15, 0.2) is 0 Å². The molecule has 0 bridgehead atoms. The van der Waals surface area contributed by atoms with Crippen molar-refractivity contribution < 1.29 is 17.7 Å². The molecule has 1 saturated heterocycles. The second-order valence-electron chi connectivity index (χ2n) is 6.70. The van der Waals surface area contributed by atoms with E-state index in [-0.39, 0.29) is 18.2 Å². The van der Waals surface area contributed by atoms with Crippen molar-refractivity contribution in [3.63, 3.8) is 0 Å². The number of carbonyl (C=O) groups is 1. The van der Waals surface area contributed by atoms with Crippen molar-refractivity contribution in [3.8, 4) is 11.4 Å². The third-order valence-electron chi connectivity index (χ3n) is 4.67. The highest BCUT2D eigenvalue weighted by Crippen LogP contribution is 2.23. The number of carbonyl (C=O) groups excluding carboxylic acids is 1. The fraction of sp³-hybridized carbons (Fsp3) is 0.250. The molecule has 1 aliphatic rings. The molecule has 0 aliphatic carbocycles. The minimum Gasteiger partial charge on any atom is -0.343 e. The number of hydrogen-bond acceptors (Lipinski definition) is 6. The molecule has 2 aromatic carbocycles. The smallest absolute Gasteiger partial charge is 0.251 e. The van der Waals surface area contributed by atoms with Gasteiger partial charge in [0.05, 0.1) is 18.0 Å². The van der Waals surface area contributed by atoms with Gasteiger partial charge in [-0.05, 0) is 37.1 Å². The predicted molar refractivity (Wildman–Crippen MR) is 108 cm³/mol. The summed E-state index contributed by atoms with van der Waals surface area (Å²) in [5.41, 5.74) is 1.83. The second-order valence-corrected chi connectivity index (χ2v) is 8.72. The maximum atomic E-state index is 12.4. The van der Waals surface area contributed by atoms with Gasteiger partial charge in [-0.3, -0.25) is 9.10 Å². The van der Waals surface area contributed by atoms with Crippen LogP contribution in [0.4, 0.5) is 5.69 Å². The molecule has 1 aliphatic heterocycles. The van der Waals surface area contributed by atoms with Crippen molar-refractivity contribution in [1.82, 2.24) is 15.5 Å². The third-order valence-corrected chi connectivity index (χ3v) is 6.54. The van der Waals surface area contributed by atoms with Crippen LogP contribution in [-0.4, -0.2) is 36.8 Å². The number of sulfonamides is 1. The van der Waals surface area contributed by atoms with Crippen LogP contribution in [0.2, 0.25) is 0 Å². The van der Waals surface area contributed by atoms with E-state index >= 15 is 0 Å². The van der Waals surface area contributed by atoms with Gasteiger partial charge in [0.2, 0.25) is 21.7 Å². The van der Waals surface area contributed by atoms with Gasteiger partial charge in [0.1, 0.15) is 0 Å². The average Bonchev–Trinajstić information content (AvgIpc) is 3.22. The molecule has 0 radical (unpaired) electrons. The Morgan fingerprint density at radius 1 is 1.07 bits per heavy atom. The van der Waals surface area contributed by atoms with Gasteiger partial charge < -0.3 is 9.84 Å². The van der Waals surface area contributed by atoms with E-state index in [1.165, 1.54) is 4.31 Å². The summed E-state index contributed by atoms with van der Waals surface area (Å²) in [5, 5.41) is 6.64. The Morgan fingerprint density at radius 3 is 2.55 bits per heavy atom. The van der Waals surface area contributed by atoms with Crippen molar-refractivity contribution in [2.75, 3.05) is 16.6 Å². The fourth-order valence-electron chi connectivity index (χ4n) is 3.15. The number of aromatic nitrogens is 2. The first-order chi connectivity index (χ1) is 14.0. The first-order valence-corrected chi connectivity index (χ1v) is 10.9. The van der Waals surface area contributed by atoms with Crippen LogP contribution in [0.5, 0.6) is 0 Å². The number of benzene rings is 2. The van der Waals surface area contributed by atoms with Crippen LogP contribution in [0, 0.1) is 0 Å². The summed E-state index contributed by atoms with van der Waals surface area (Å²) in [6, 6.07) is 15.9. The van der Waals surface area contributed by atoms with Gasteiger partial charge in [-0.15, -0.1) is 0 Å². The van der Waals surface area contributed by atoms with Gasteiger partial charge in [-0.1, -0.05) is 35.5 Å². The fourth-order valence-corrected chi connectivity index (χ4v) is 4.79. The summed E-state index contributed by atoms with van der Waals surface area (Å²) in [7, 11) is -3.27. The maximum absolute atomic E-state index is 12.4. The van der Waals surface area contributed by atoms with E-state index in [9.17, 15) is 13.2 Å². The van der Waals surface area contributed by atoms with Crippen LogP contribution in [0.3, 0.4) is 0 Å². The first-order valence-electron chi connectivity index (χ1n) is 9.30. The van der Waals surface area contributed by atoms with E-state index in [0.29, 0.717) is 35.9 Å². The summed E-state index contributed by atoms with van der Waals surface area (Å²) in [4.78, 5) is 16.6. The number of nitrogens with one attached hydrogen (secondary N) is 1. The van der Waals surface area contributed by atoms with Crippen molar-refractivity contribution >= 4 is 21.6 Å². The van der Waals surface area contributed by atoms with Crippen LogP contribution in [0.15, 0.2) is 59.1 Å². The zero-order chi connectivity index (χ0) is 20.3. The average molecular weight is 412 g/mol. The molecular formula is C20H20N4O4S. The SMILES string of the molecule is O=C(NCc1nc(-c2ccccc2)no1)c1ccc(N2CCCCS2(=O)=O)cc1. The van der Waals surface area contributed by atoms with Crippen LogP contribution in [0.1, 0.15) is 29.1 Å². The van der Waals surface area contributed by atoms with Gasteiger partial charge in [-0.2, -0.15) is 4.98 Å². The zero-order valence-corrected chi connectivity index (χ0v) is 16.4. The predicted octanol–water partition coefficient (Wildman–Crippen LogP) is 2.60. The number of rotatable bonds is 5. The largest absolute Gasteiger partial charge is 0.343 e. The Hall–Kier alpha value is -3.20. The van der Waals surface area contributed by atoms with E-state index in [1.807, 2.05) is 30.3 Å². The van der Waals surface area contributed by atoms with Crippen molar-refractivity contribution in [2.45, 2.75) is 19.4 Å². The highest BCUT2D eigenvalue weighted by molar-refractivity contribution is 7.92. The highest BCUT2D eigenvalue weighted by Gasteiger charge is 2.26. The lowest BCUT2D eigenvalue weighted by Gasteiger charge is -2.28. The zero-order valence-electron chi connectivity index (χ0n) is 15.6. The number of nitrogens with zero attached hydrogens (tertiary/aromatic N) is 3. The lowest BCUT2D eigenvalue weighted by Crippen LogP contribution is -2.37. The molecule has 4 rings (SSSR count). The molecule has 29 heavy (non-hydrogen) atoms. The maximum Gasteiger partial charge on any atom is 0.251 e. The quantitative estimate of drug-likeness (QED) is 0.691. The lowest BCUT2D eigenvalue weighted by atomic mass is 10.2. The first kappa shape index (κ1) is 19.1. The Labute approximate surface area is 168 Å². The molecular weight excluding hydrogens is 392 g/mol. The monoisotopic (exact) mass is 412 g/mol. The van der Waals surface area contributed by atoms with Crippen molar-refractivity contribution in [2.24, 2.45) is 0 Å². The van der Waals surface area contributed by atoms with Crippen molar-refractivity contribution in [3.05, 3.63) is 66.1 Å². The molecule has 1 N–H and O–H groups in total. The molecule has 1 amide bonds. The van der Waals surface area contributed by atoms with E-state index in [0.717, 1.165) is 12.0 Å². The van der Waals surface area contributed by atoms with Gasteiger partial charge in [0, 0.05) is 17.7 Å². The molecule has 0 saturated carbocycles. The minimum atomic E-state index is -3.27. The lowest BCUT2D eigenvalue weighted by molar-refractivity contribution is 0.0946. The molecule has 3 aromatic rings. The number of anilines is 1. The summed E-state index contributed by atoms with van der Waals surface area (Å²) >= 11 is 0. The molecule has 9 heteroatoms. The Balaban J connectivity index is 1.39. The van der Waals surface area contributed by atoms with Crippen molar-refractivity contribution in [1.29, 1.82) is 0 Å². The van der Waals surface area contributed by atoms with Gasteiger partial charge in [0.25, 0.3) is 5.91 Å². The molecule has 1 fully saturated rings. The molecule has 0 unspecified atom stereocenters. The number of hydrogen-bond donors (Lipinski definition) is 1. The summed E-state index contributed by atoms with van der Waals surface area (Å²) < 4.78 is 31.0. The van der Waals surface area contributed by atoms with Crippen LogP contribution >= 0.6 is 0 Å². The molecule has 2 heterocycles. The molecule has 1 aromatic heterocycles. The van der Waals surface area contributed by atoms with Gasteiger partial charge in [-0.25, -0.2) is 8.42 Å². The van der Waals surface area contributed by atoms with E-state index in [2.05, 4.69) is 15.5 Å². The molecule has 8 nitrogen and oxygen atoms in total.